The summed E-state index contributed by atoms with van der Waals surface area (Å²) in [6.45, 7) is 1.79. The molecule has 0 spiro atoms. The first kappa shape index (κ1) is 10.4. The van der Waals surface area contributed by atoms with Crippen LogP contribution in [0.25, 0.3) is 0 Å². The number of aryl methyl sites for hydroxylation is 2. The van der Waals surface area contributed by atoms with E-state index in [0.29, 0.717) is 0 Å². The van der Waals surface area contributed by atoms with E-state index in [2.05, 4.69) is 10.4 Å². The normalized spacial score (nSPS) is 15.8. The molecule has 1 aromatic heterocycles. The van der Waals surface area contributed by atoms with Crippen LogP contribution in [-0.2, 0) is 13.6 Å². The summed E-state index contributed by atoms with van der Waals surface area (Å²) in [4.78, 5) is 11.4. The molecule has 1 aliphatic carbocycles. The van der Waals surface area contributed by atoms with Crippen molar-refractivity contribution in [2.75, 3.05) is 6.54 Å². The largest absolute Gasteiger partial charge is 0.345 e. The zero-order chi connectivity index (χ0) is 10.7. The van der Waals surface area contributed by atoms with Crippen molar-refractivity contribution >= 4 is 0 Å². The summed E-state index contributed by atoms with van der Waals surface area (Å²) < 4.78 is 3.03. The highest BCUT2D eigenvalue weighted by molar-refractivity contribution is 4.80. The minimum Gasteiger partial charge on any atom is -0.314 e. The summed E-state index contributed by atoms with van der Waals surface area (Å²) in [5.74, 6) is 0. The minimum atomic E-state index is -0.0230. The Kier molecular flexibility index (Phi) is 3.20. The molecule has 0 atom stereocenters. The van der Waals surface area contributed by atoms with Gasteiger partial charge in [-0.05, 0) is 32.2 Å². The molecule has 0 bridgehead atoms. The standard InChI is InChI=1S/C10H18N4O/c1-13-8-12-14(10(13)15)7-3-2-6-11-9-4-5-9/h8-9,11H,2-7H2,1H3. The van der Waals surface area contributed by atoms with E-state index >= 15 is 0 Å². The molecule has 1 fully saturated rings. The second-order valence-electron chi connectivity index (χ2n) is 4.18. The maximum atomic E-state index is 11.4. The average Bonchev–Trinajstić information content (AvgIpc) is 2.99. The van der Waals surface area contributed by atoms with Crippen molar-refractivity contribution in [3.63, 3.8) is 0 Å². The molecule has 5 heteroatoms. The Hall–Kier alpha value is -1.10. The fourth-order valence-electron chi connectivity index (χ4n) is 1.55. The summed E-state index contributed by atoms with van der Waals surface area (Å²) in [7, 11) is 1.72. The van der Waals surface area contributed by atoms with E-state index < -0.39 is 0 Å². The summed E-state index contributed by atoms with van der Waals surface area (Å²) in [5.41, 5.74) is -0.0230. The van der Waals surface area contributed by atoms with Crippen LogP contribution in [0.2, 0.25) is 0 Å². The van der Waals surface area contributed by atoms with Crippen molar-refractivity contribution in [1.82, 2.24) is 19.7 Å². The predicted molar refractivity (Wildman–Crippen MR) is 57.7 cm³/mol. The summed E-state index contributed by atoms with van der Waals surface area (Å²) in [5, 5.41) is 7.46. The van der Waals surface area contributed by atoms with Crippen LogP contribution in [0.5, 0.6) is 0 Å². The van der Waals surface area contributed by atoms with Crippen LogP contribution in [0.1, 0.15) is 25.7 Å². The Labute approximate surface area is 89.1 Å². The third-order valence-electron chi connectivity index (χ3n) is 2.69. The van der Waals surface area contributed by atoms with Gasteiger partial charge in [0.2, 0.25) is 0 Å². The lowest BCUT2D eigenvalue weighted by atomic mass is 10.3. The van der Waals surface area contributed by atoms with E-state index in [0.717, 1.165) is 32.0 Å². The average molecular weight is 210 g/mol. The molecule has 0 aliphatic heterocycles. The summed E-state index contributed by atoms with van der Waals surface area (Å²) in [6.07, 6.45) is 6.35. The second-order valence-corrected chi connectivity index (χ2v) is 4.18. The molecule has 1 aromatic rings. The van der Waals surface area contributed by atoms with Crippen molar-refractivity contribution < 1.29 is 0 Å². The number of nitrogens with one attached hydrogen (secondary N) is 1. The molecule has 1 saturated carbocycles. The van der Waals surface area contributed by atoms with Crippen molar-refractivity contribution in [3.8, 4) is 0 Å². The van der Waals surface area contributed by atoms with Crippen LogP contribution in [0, 0.1) is 0 Å². The molecule has 2 rings (SSSR count). The first-order valence-electron chi connectivity index (χ1n) is 5.59. The van der Waals surface area contributed by atoms with Gasteiger partial charge in [0.25, 0.3) is 0 Å². The molecule has 15 heavy (non-hydrogen) atoms. The van der Waals surface area contributed by atoms with Crippen LogP contribution in [-0.4, -0.2) is 26.9 Å². The van der Waals surface area contributed by atoms with E-state index in [4.69, 9.17) is 0 Å². The molecule has 1 N–H and O–H groups in total. The second kappa shape index (κ2) is 4.61. The fourth-order valence-corrected chi connectivity index (χ4v) is 1.55. The highest BCUT2D eigenvalue weighted by Gasteiger charge is 2.19. The zero-order valence-corrected chi connectivity index (χ0v) is 9.15. The van der Waals surface area contributed by atoms with Crippen molar-refractivity contribution in [3.05, 3.63) is 16.8 Å². The Morgan fingerprint density at radius 3 is 2.93 bits per heavy atom. The van der Waals surface area contributed by atoms with E-state index in [-0.39, 0.29) is 5.69 Å². The van der Waals surface area contributed by atoms with Crippen molar-refractivity contribution in [2.45, 2.75) is 38.3 Å². The Balaban J connectivity index is 1.64. The van der Waals surface area contributed by atoms with Gasteiger partial charge in [-0.3, -0.25) is 4.57 Å². The lowest BCUT2D eigenvalue weighted by Crippen LogP contribution is -2.24. The van der Waals surface area contributed by atoms with Gasteiger partial charge in [-0.1, -0.05) is 0 Å². The molecule has 5 nitrogen and oxygen atoms in total. The zero-order valence-electron chi connectivity index (χ0n) is 9.15. The van der Waals surface area contributed by atoms with E-state index in [1.807, 2.05) is 0 Å². The fraction of sp³-hybridized carbons (Fsp3) is 0.800. The molecular formula is C10H18N4O. The van der Waals surface area contributed by atoms with E-state index in [1.165, 1.54) is 22.1 Å². The SMILES string of the molecule is Cn1cnn(CCCCNC2CC2)c1=O. The maximum Gasteiger partial charge on any atom is 0.345 e. The third-order valence-corrected chi connectivity index (χ3v) is 2.69. The molecular weight excluding hydrogens is 192 g/mol. The molecule has 1 aliphatic rings. The van der Waals surface area contributed by atoms with Gasteiger partial charge in [0, 0.05) is 19.6 Å². The number of nitrogens with zero attached hydrogens (tertiary/aromatic N) is 3. The van der Waals surface area contributed by atoms with Crippen molar-refractivity contribution in [1.29, 1.82) is 0 Å². The predicted octanol–water partition coefficient (Wildman–Crippen LogP) is 0.114. The van der Waals surface area contributed by atoms with Gasteiger partial charge in [0.05, 0.1) is 0 Å². The van der Waals surface area contributed by atoms with Gasteiger partial charge < -0.3 is 5.32 Å². The topological polar surface area (TPSA) is 51.9 Å². The number of hydrogen-bond donors (Lipinski definition) is 1. The molecule has 0 radical (unpaired) electrons. The molecule has 0 aromatic carbocycles. The first-order chi connectivity index (χ1) is 7.27. The van der Waals surface area contributed by atoms with Crippen LogP contribution < -0.4 is 11.0 Å². The lowest BCUT2D eigenvalue weighted by Gasteiger charge is -2.02. The van der Waals surface area contributed by atoms with Gasteiger partial charge >= 0.3 is 5.69 Å². The van der Waals surface area contributed by atoms with Crippen LogP contribution in [0.3, 0.4) is 0 Å². The van der Waals surface area contributed by atoms with Gasteiger partial charge in [-0.15, -0.1) is 0 Å². The number of rotatable bonds is 6. The van der Waals surface area contributed by atoms with Crippen LogP contribution in [0.4, 0.5) is 0 Å². The molecule has 84 valence electrons. The lowest BCUT2D eigenvalue weighted by molar-refractivity contribution is 0.519. The van der Waals surface area contributed by atoms with E-state index in [9.17, 15) is 4.79 Å². The Morgan fingerprint density at radius 1 is 1.53 bits per heavy atom. The molecule has 0 saturated heterocycles. The van der Waals surface area contributed by atoms with Crippen LogP contribution in [0.15, 0.2) is 11.1 Å². The number of unbranched alkanes of at least 4 members (excludes halogenated alkanes) is 1. The molecule has 0 unspecified atom stereocenters. The summed E-state index contributed by atoms with van der Waals surface area (Å²) in [6, 6.07) is 0.780. The Bertz CT molecular complexity index is 364. The molecule has 0 amide bonds. The first-order valence-corrected chi connectivity index (χ1v) is 5.59. The van der Waals surface area contributed by atoms with Gasteiger partial charge in [-0.2, -0.15) is 5.10 Å². The quantitative estimate of drug-likeness (QED) is 0.678. The number of hydrogen-bond acceptors (Lipinski definition) is 3. The highest BCUT2D eigenvalue weighted by atomic mass is 16.2. The number of aromatic nitrogens is 3. The van der Waals surface area contributed by atoms with E-state index in [1.54, 1.807) is 13.4 Å². The van der Waals surface area contributed by atoms with Crippen LogP contribution >= 0.6 is 0 Å². The Morgan fingerprint density at radius 2 is 2.33 bits per heavy atom. The van der Waals surface area contributed by atoms with Gasteiger partial charge in [-0.25, -0.2) is 9.48 Å². The summed E-state index contributed by atoms with van der Waals surface area (Å²) >= 11 is 0. The highest BCUT2D eigenvalue weighted by Crippen LogP contribution is 2.18. The minimum absolute atomic E-state index is 0.0230. The monoisotopic (exact) mass is 210 g/mol. The van der Waals surface area contributed by atoms with Gasteiger partial charge in [0.15, 0.2) is 0 Å². The molecule has 1 heterocycles. The van der Waals surface area contributed by atoms with Gasteiger partial charge in [0.1, 0.15) is 6.33 Å². The smallest absolute Gasteiger partial charge is 0.314 e. The maximum absolute atomic E-state index is 11.4. The van der Waals surface area contributed by atoms with Crippen molar-refractivity contribution in [2.24, 2.45) is 7.05 Å². The third kappa shape index (κ3) is 2.92.